The number of piperazine rings is 1. The topological polar surface area (TPSA) is 73.8 Å². The lowest BCUT2D eigenvalue weighted by atomic mass is 10.0. The first kappa shape index (κ1) is 22.7. The number of pyridine rings is 1. The van der Waals surface area contributed by atoms with Gasteiger partial charge in [-0.1, -0.05) is 6.07 Å². The first-order valence-electron chi connectivity index (χ1n) is 11.0. The fourth-order valence-electron chi connectivity index (χ4n) is 4.57. The number of benzene rings is 1. The van der Waals surface area contributed by atoms with Gasteiger partial charge in [-0.25, -0.2) is 12.8 Å². The van der Waals surface area contributed by atoms with E-state index < -0.39 is 21.1 Å². The molecule has 0 spiro atoms. The Morgan fingerprint density at radius 3 is 2.41 bits per heavy atom. The Bertz CT molecular complexity index is 1070. The Labute approximate surface area is 188 Å². The molecule has 2 saturated heterocycles. The van der Waals surface area contributed by atoms with Crippen molar-refractivity contribution in [2.45, 2.75) is 44.5 Å². The van der Waals surface area contributed by atoms with Gasteiger partial charge >= 0.3 is 0 Å². The van der Waals surface area contributed by atoms with Crippen LogP contribution in [0.25, 0.3) is 0 Å². The summed E-state index contributed by atoms with van der Waals surface area (Å²) >= 11 is 0. The summed E-state index contributed by atoms with van der Waals surface area (Å²) < 4.78 is 43.2. The van der Waals surface area contributed by atoms with Gasteiger partial charge in [0.1, 0.15) is 11.1 Å². The highest BCUT2D eigenvalue weighted by Gasteiger charge is 2.40. The molecule has 9 heteroatoms. The van der Waals surface area contributed by atoms with Gasteiger partial charge in [0.2, 0.25) is 15.9 Å². The molecule has 0 N–H and O–H groups in total. The van der Waals surface area contributed by atoms with E-state index >= 15 is 4.39 Å². The second-order valence-corrected chi connectivity index (χ2v) is 10.6. The Morgan fingerprint density at radius 1 is 1.09 bits per heavy atom. The Hall–Kier alpha value is -2.52. The number of anilines is 1. The molecular formula is C23H29FN4O3S. The van der Waals surface area contributed by atoms with E-state index in [9.17, 15) is 13.2 Å². The molecule has 3 heterocycles. The fraction of sp³-hybridized carbons (Fsp3) is 0.478. The highest BCUT2D eigenvalue weighted by Crippen LogP contribution is 2.38. The van der Waals surface area contributed by atoms with E-state index in [-0.39, 0.29) is 18.5 Å². The standard InChI is InChI=1S/C23H29FN4O3S/c1-17-3-6-23(19-7-9-25-10-8-19)32(30,31)28(17)16-20-4-5-21(15-22(20)24)27-13-11-26(12-14-27)18(2)29/h4-5,7-10,15,17,23H,3,6,11-14,16H2,1-2H3/t17-,23?/m0/s1. The van der Waals surface area contributed by atoms with Crippen LogP contribution in [0.15, 0.2) is 42.7 Å². The molecule has 1 amide bonds. The van der Waals surface area contributed by atoms with Crippen LogP contribution in [-0.2, 0) is 21.4 Å². The van der Waals surface area contributed by atoms with Crippen molar-refractivity contribution in [2.24, 2.45) is 0 Å². The Kier molecular flexibility index (Phi) is 6.48. The lowest BCUT2D eigenvalue weighted by Gasteiger charge is -2.38. The maximum Gasteiger partial charge on any atom is 0.221 e. The van der Waals surface area contributed by atoms with Crippen molar-refractivity contribution in [1.29, 1.82) is 0 Å². The van der Waals surface area contributed by atoms with Gasteiger partial charge in [-0.05, 0) is 49.6 Å². The van der Waals surface area contributed by atoms with Crippen LogP contribution in [0.2, 0.25) is 0 Å². The van der Waals surface area contributed by atoms with Gasteiger partial charge in [-0.2, -0.15) is 4.31 Å². The molecule has 7 nitrogen and oxygen atoms in total. The number of rotatable bonds is 4. The number of aromatic nitrogens is 1. The quantitative estimate of drug-likeness (QED) is 0.702. The maximum absolute atomic E-state index is 15.0. The van der Waals surface area contributed by atoms with Crippen molar-refractivity contribution < 1.29 is 17.6 Å². The van der Waals surface area contributed by atoms with Crippen LogP contribution in [0.5, 0.6) is 0 Å². The predicted molar refractivity (Wildman–Crippen MR) is 121 cm³/mol. The Balaban J connectivity index is 1.51. The molecule has 32 heavy (non-hydrogen) atoms. The Morgan fingerprint density at radius 2 is 1.78 bits per heavy atom. The molecule has 2 aliphatic heterocycles. The molecule has 1 aromatic heterocycles. The van der Waals surface area contributed by atoms with Gasteiger partial charge < -0.3 is 9.80 Å². The lowest BCUT2D eigenvalue weighted by Crippen LogP contribution is -2.48. The molecule has 4 rings (SSSR count). The van der Waals surface area contributed by atoms with E-state index in [1.54, 1.807) is 42.4 Å². The number of amides is 1. The SMILES string of the molecule is CC(=O)N1CCN(c2ccc(CN3[C@@H](C)CCC(c4ccncc4)S3(=O)=O)c(F)c2)CC1. The van der Waals surface area contributed by atoms with Gasteiger partial charge in [-0.3, -0.25) is 9.78 Å². The minimum Gasteiger partial charge on any atom is -0.368 e. The molecule has 2 fully saturated rings. The second kappa shape index (κ2) is 9.15. The monoisotopic (exact) mass is 460 g/mol. The summed E-state index contributed by atoms with van der Waals surface area (Å²) in [6.45, 7) is 5.94. The van der Waals surface area contributed by atoms with Crippen LogP contribution in [0.1, 0.15) is 43.1 Å². The van der Waals surface area contributed by atoms with Crippen molar-refractivity contribution in [3.05, 3.63) is 59.7 Å². The maximum atomic E-state index is 15.0. The summed E-state index contributed by atoms with van der Waals surface area (Å²) in [5, 5.41) is -0.637. The second-order valence-electron chi connectivity index (χ2n) is 8.55. The number of hydrogen-bond donors (Lipinski definition) is 0. The number of carbonyl (C=O) groups is 1. The average Bonchev–Trinajstić information content (AvgIpc) is 2.78. The van der Waals surface area contributed by atoms with E-state index in [2.05, 4.69) is 4.98 Å². The number of sulfonamides is 1. The van der Waals surface area contributed by atoms with Crippen LogP contribution in [0, 0.1) is 5.82 Å². The zero-order chi connectivity index (χ0) is 22.9. The van der Waals surface area contributed by atoms with Gasteiger partial charge in [-0.15, -0.1) is 0 Å². The molecule has 0 bridgehead atoms. The number of hydrogen-bond acceptors (Lipinski definition) is 5. The third kappa shape index (κ3) is 4.49. The van der Waals surface area contributed by atoms with Crippen LogP contribution in [0.4, 0.5) is 10.1 Å². The highest BCUT2D eigenvalue weighted by molar-refractivity contribution is 7.89. The molecular weight excluding hydrogens is 431 g/mol. The first-order valence-corrected chi connectivity index (χ1v) is 12.5. The van der Waals surface area contributed by atoms with Crippen molar-refractivity contribution >= 4 is 21.6 Å². The van der Waals surface area contributed by atoms with E-state index in [0.717, 1.165) is 11.3 Å². The smallest absolute Gasteiger partial charge is 0.221 e. The van der Waals surface area contributed by atoms with Gasteiger partial charge in [0.15, 0.2) is 0 Å². The van der Waals surface area contributed by atoms with E-state index in [0.29, 0.717) is 44.6 Å². The van der Waals surface area contributed by atoms with Gasteiger partial charge in [0.25, 0.3) is 0 Å². The minimum absolute atomic E-state index is 0.00924. The van der Waals surface area contributed by atoms with E-state index in [1.807, 2.05) is 17.9 Å². The molecule has 2 atom stereocenters. The molecule has 2 aromatic rings. The zero-order valence-electron chi connectivity index (χ0n) is 18.4. The number of halogens is 1. The van der Waals surface area contributed by atoms with E-state index in [1.165, 1.54) is 10.4 Å². The summed E-state index contributed by atoms with van der Waals surface area (Å²) in [7, 11) is -3.64. The summed E-state index contributed by atoms with van der Waals surface area (Å²) in [6, 6.07) is 8.26. The first-order chi connectivity index (χ1) is 15.3. The molecule has 0 radical (unpaired) electrons. The summed E-state index contributed by atoms with van der Waals surface area (Å²) in [4.78, 5) is 19.3. The third-order valence-corrected chi connectivity index (χ3v) is 8.93. The third-order valence-electron chi connectivity index (χ3n) is 6.56. The summed E-state index contributed by atoms with van der Waals surface area (Å²) in [5.41, 5.74) is 1.83. The molecule has 1 aromatic carbocycles. The molecule has 1 unspecified atom stereocenters. The zero-order valence-corrected chi connectivity index (χ0v) is 19.3. The highest BCUT2D eigenvalue weighted by atomic mass is 32.2. The molecule has 2 aliphatic rings. The number of nitrogens with zero attached hydrogens (tertiary/aromatic N) is 4. The van der Waals surface area contributed by atoms with Crippen molar-refractivity contribution in [3.8, 4) is 0 Å². The van der Waals surface area contributed by atoms with E-state index in [4.69, 9.17) is 0 Å². The van der Waals surface area contributed by atoms with Gasteiger partial charge in [0, 0.05) is 69.3 Å². The summed E-state index contributed by atoms with van der Waals surface area (Å²) in [5.74, 6) is -0.363. The van der Waals surface area contributed by atoms with Crippen LogP contribution in [0.3, 0.4) is 0 Å². The van der Waals surface area contributed by atoms with Crippen LogP contribution >= 0.6 is 0 Å². The molecule has 0 saturated carbocycles. The fourth-order valence-corrected chi connectivity index (χ4v) is 6.76. The normalized spacial score (nSPS) is 23.8. The van der Waals surface area contributed by atoms with Crippen molar-refractivity contribution in [2.75, 3.05) is 31.1 Å². The molecule has 172 valence electrons. The minimum atomic E-state index is -3.64. The van der Waals surface area contributed by atoms with Crippen LogP contribution in [-0.4, -0.2) is 60.7 Å². The predicted octanol–water partition coefficient (Wildman–Crippen LogP) is 2.94. The van der Waals surface area contributed by atoms with Crippen LogP contribution < -0.4 is 4.90 Å². The van der Waals surface area contributed by atoms with Crippen molar-refractivity contribution in [3.63, 3.8) is 0 Å². The lowest BCUT2D eigenvalue weighted by molar-refractivity contribution is -0.129. The van der Waals surface area contributed by atoms with Gasteiger partial charge in [0.05, 0.1) is 0 Å². The largest absolute Gasteiger partial charge is 0.368 e. The molecule has 0 aliphatic carbocycles. The van der Waals surface area contributed by atoms with Crippen molar-refractivity contribution in [1.82, 2.24) is 14.2 Å². The average molecular weight is 461 g/mol. The number of carbonyl (C=O) groups excluding carboxylic acids is 1. The summed E-state index contributed by atoms with van der Waals surface area (Å²) in [6.07, 6.45) is 4.45.